The molecule has 0 saturated carbocycles. The molecule has 0 saturated heterocycles. The monoisotopic (exact) mass is 483 g/mol. The highest BCUT2D eigenvalue weighted by Crippen LogP contribution is 2.35. The Morgan fingerprint density at radius 2 is 1.69 bits per heavy atom. The Labute approximate surface area is 203 Å². The molecule has 7 heteroatoms. The second-order valence-corrected chi connectivity index (χ2v) is 9.61. The van der Waals surface area contributed by atoms with Gasteiger partial charge in [0.1, 0.15) is 18.0 Å². The minimum Gasteiger partial charge on any atom is -0.489 e. The number of hydrogen-bond acceptors (Lipinski definition) is 3. The summed E-state index contributed by atoms with van der Waals surface area (Å²) in [5, 5.41) is 0. The number of nitrogens with zero attached hydrogens (tertiary/aromatic N) is 1. The Balaban J connectivity index is 1.47. The van der Waals surface area contributed by atoms with E-state index in [2.05, 4.69) is 0 Å². The van der Waals surface area contributed by atoms with Gasteiger partial charge < -0.3 is 9.47 Å². The predicted molar refractivity (Wildman–Crippen MR) is 129 cm³/mol. The molecule has 0 unspecified atom stereocenters. The van der Waals surface area contributed by atoms with Crippen molar-refractivity contribution in [3.8, 4) is 5.75 Å². The molecule has 0 bridgehead atoms. The highest BCUT2D eigenvalue weighted by atomic mass is 19.4. The lowest BCUT2D eigenvalue weighted by molar-refractivity contribution is -0.138. The van der Waals surface area contributed by atoms with Crippen molar-refractivity contribution in [1.29, 1.82) is 0 Å². The molecule has 0 N–H and O–H groups in total. The molecule has 184 valence electrons. The van der Waals surface area contributed by atoms with Crippen LogP contribution >= 0.6 is 0 Å². The molecule has 4 rings (SSSR count). The summed E-state index contributed by atoms with van der Waals surface area (Å²) in [6.45, 7) is 5.96. The lowest BCUT2D eigenvalue weighted by Gasteiger charge is -2.24. The van der Waals surface area contributed by atoms with Crippen molar-refractivity contribution in [2.75, 3.05) is 11.4 Å². The highest BCUT2D eigenvalue weighted by Gasteiger charge is 2.33. The van der Waals surface area contributed by atoms with E-state index in [1.54, 1.807) is 23.1 Å². The first-order valence-corrected chi connectivity index (χ1v) is 11.5. The van der Waals surface area contributed by atoms with E-state index in [9.17, 15) is 18.0 Å². The van der Waals surface area contributed by atoms with Gasteiger partial charge in [-0.3, -0.25) is 4.90 Å². The van der Waals surface area contributed by atoms with E-state index in [1.165, 1.54) is 6.07 Å². The third-order valence-corrected chi connectivity index (χ3v) is 5.68. The SMILES string of the molecule is CC(C)(C)OC(=O)N1CCc2cc(OCc3ccc(Cc4ccccc4)c(C(F)(F)F)c3)ccc21. The van der Waals surface area contributed by atoms with Gasteiger partial charge in [0.2, 0.25) is 0 Å². The van der Waals surface area contributed by atoms with Gasteiger partial charge in [-0.1, -0.05) is 42.5 Å². The van der Waals surface area contributed by atoms with Crippen molar-refractivity contribution in [2.24, 2.45) is 0 Å². The van der Waals surface area contributed by atoms with Gasteiger partial charge in [0, 0.05) is 6.54 Å². The molecular weight excluding hydrogens is 455 g/mol. The first-order chi connectivity index (χ1) is 16.5. The molecule has 1 heterocycles. The zero-order valence-electron chi connectivity index (χ0n) is 20.0. The van der Waals surface area contributed by atoms with E-state index in [0.717, 1.165) is 22.9 Å². The molecule has 1 aliphatic rings. The second kappa shape index (κ2) is 9.64. The molecule has 0 spiro atoms. The van der Waals surface area contributed by atoms with Crippen molar-refractivity contribution < 1.29 is 27.4 Å². The fourth-order valence-electron chi connectivity index (χ4n) is 4.09. The number of hydrogen-bond donors (Lipinski definition) is 0. The fourth-order valence-corrected chi connectivity index (χ4v) is 4.09. The lowest BCUT2D eigenvalue weighted by atomic mass is 9.97. The van der Waals surface area contributed by atoms with Crippen LogP contribution in [0.15, 0.2) is 66.7 Å². The van der Waals surface area contributed by atoms with Crippen LogP contribution < -0.4 is 9.64 Å². The summed E-state index contributed by atoms with van der Waals surface area (Å²) in [7, 11) is 0. The minimum absolute atomic E-state index is 0.00324. The molecule has 0 aromatic heterocycles. The predicted octanol–water partition coefficient (Wildman–Crippen LogP) is 7.17. The largest absolute Gasteiger partial charge is 0.489 e. The maximum Gasteiger partial charge on any atom is 0.416 e. The maximum atomic E-state index is 13.8. The molecule has 35 heavy (non-hydrogen) atoms. The number of amides is 1. The van der Waals surface area contributed by atoms with E-state index in [4.69, 9.17) is 9.47 Å². The van der Waals surface area contributed by atoms with Gasteiger partial charge in [-0.25, -0.2) is 4.79 Å². The Morgan fingerprint density at radius 3 is 2.37 bits per heavy atom. The quantitative estimate of drug-likeness (QED) is 0.386. The van der Waals surface area contributed by atoms with Crippen molar-refractivity contribution >= 4 is 11.8 Å². The molecule has 0 fully saturated rings. The van der Waals surface area contributed by atoms with Crippen molar-refractivity contribution in [1.82, 2.24) is 0 Å². The molecule has 3 aromatic carbocycles. The smallest absolute Gasteiger partial charge is 0.416 e. The molecule has 4 nitrogen and oxygen atoms in total. The molecule has 3 aromatic rings. The van der Waals surface area contributed by atoms with Crippen molar-refractivity contribution in [3.05, 3.63) is 94.5 Å². The number of carbonyl (C=O) groups excluding carboxylic acids is 1. The second-order valence-electron chi connectivity index (χ2n) is 9.61. The molecule has 0 atom stereocenters. The number of alkyl halides is 3. The molecule has 0 aliphatic carbocycles. The van der Waals surface area contributed by atoms with Gasteiger partial charge in [0.25, 0.3) is 0 Å². The van der Waals surface area contributed by atoms with Gasteiger partial charge in [0.05, 0.1) is 11.3 Å². The summed E-state index contributed by atoms with van der Waals surface area (Å²) in [5.41, 5.74) is 1.94. The van der Waals surface area contributed by atoms with E-state index < -0.39 is 23.4 Å². The van der Waals surface area contributed by atoms with E-state index in [0.29, 0.717) is 24.3 Å². The van der Waals surface area contributed by atoms with Crippen LogP contribution in [0.5, 0.6) is 5.75 Å². The third kappa shape index (κ3) is 6.15. The van der Waals surface area contributed by atoms with E-state index in [1.807, 2.05) is 57.2 Å². The molecule has 1 amide bonds. The summed E-state index contributed by atoms with van der Waals surface area (Å²) in [6, 6.07) is 18.8. The number of ether oxygens (including phenoxy) is 2. The van der Waals surface area contributed by atoms with Crippen molar-refractivity contribution in [2.45, 2.75) is 52.0 Å². The minimum atomic E-state index is -4.46. The Hall–Kier alpha value is -3.48. The Kier molecular flexibility index (Phi) is 6.79. The van der Waals surface area contributed by atoms with Crippen LogP contribution in [0.4, 0.5) is 23.7 Å². The number of carbonyl (C=O) groups is 1. The van der Waals surface area contributed by atoms with Crippen LogP contribution in [0.3, 0.4) is 0 Å². The van der Waals surface area contributed by atoms with Gasteiger partial charge in [-0.05, 0) is 80.1 Å². The summed E-state index contributed by atoms with van der Waals surface area (Å²) in [4.78, 5) is 14.0. The van der Waals surface area contributed by atoms with Crippen LogP contribution in [0, 0.1) is 0 Å². The molecular formula is C28H28F3NO3. The topological polar surface area (TPSA) is 38.8 Å². The van der Waals surface area contributed by atoms with Gasteiger partial charge in [-0.2, -0.15) is 13.2 Å². The number of rotatable bonds is 5. The van der Waals surface area contributed by atoms with Crippen LogP contribution in [0.1, 0.15) is 48.6 Å². The zero-order valence-corrected chi connectivity index (χ0v) is 20.0. The summed E-state index contributed by atoms with van der Waals surface area (Å²) in [6.07, 6.45) is -4.01. The average molecular weight is 484 g/mol. The highest BCUT2D eigenvalue weighted by molar-refractivity contribution is 5.90. The van der Waals surface area contributed by atoms with Crippen LogP contribution in [0.2, 0.25) is 0 Å². The summed E-state index contributed by atoms with van der Waals surface area (Å²) < 4.78 is 52.6. The van der Waals surface area contributed by atoms with E-state index in [-0.39, 0.29) is 18.6 Å². The number of benzene rings is 3. The molecule has 0 radical (unpaired) electrons. The average Bonchev–Trinajstić information content (AvgIpc) is 3.21. The Bertz CT molecular complexity index is 1200. The van der Waals surface area contributed by atoms with Gasteiger partial charge in [0.15, 0.2) is 0 Å². The first kappa shape index (κ1) is 24.6. The summed E-state index contributed by atoms with van der Waals surface area (Å²) >= 11 is 0. The summed E-state index contributed by atoms with van der Waals surface area (Å²) in [5.74, 6) is 0.539. The van der Waals surface area contributed by atoms with E-state index >= 15 is 0 Å². The number of fused-ring (bicyclic) bond motifs is 1. The third-order valence-electron chi connectivity index (χ3n) is 5.68. The normalized spacial score (nSPS) is 13.5. The van der Waals surface area contributed by atoms with Gasteiger partial charge >= 0.3 is 12.3 Å². The maximum absolute atomic E-state index is 13.8. The standard InChI is InChI=1S/C28H28F3NO3/c1-27(2,3)35-26(33)32-14-13-22-17-23(11-12-25(22)32)34-18-20-9-10-21(24(16-20)28(29,30)31)15-19-7-5-4-6-8-19/h4-12,16-17H,13-15,18H2,1-3H3. The number of anilines is 1. The van der Waals surface area contributed by atoms with Crippen LogP contribution in [-0.4, -0.2) is 18.2 Å². The lowest BCUT2D eigenvalue weighted by Crippen LogP contribution is -2.35. The first-order valence-electron chi connectivity index (χ1n) is 11.5. The van der Waals surface area contributed by atoms with Crippen molar-refractivity contribution in [3.63, 3.8) is 0 Å². The fraction of sp³-hybridized carbons (Fsp3) is 0.321. The van der Waals surface area contributed by atoms with Crippen LogP contribution in [0.25, 0.3) is 0 Å². The van der Waals surface area contributed by atoms with Crippen LogP contribution in [-0.2, 0) is 30.4 Å². The number of halogens is 3. The zero-order chi connectivity index (χ0) is 25.2. The Morgan fingerprint density at radius 1 is 0.943 bits per heavy atom. The molecule has 1 aliphatic heterocycles. The van der Waals surface area contributed by atoms with Gasteiger partial charge in [-0.15, -0.1) is 0 Å².